The molecule has 1 fully saturated rings. The first kappa shape index (κ1) is 20.1. The van der Waals surface area contributed by atoms with Gasteiger partial charge in [-0.05, 0) is 67.1 Å². The van der Waals surface area contributed by atoms with Gasteiger partial charge in [0.25, 0.3) is 11.8 Å². The Morgan fingerprint density at radius 3 is 2.50 bits per heavy atom. The molecule has 152 valence electrons. The molecule has 1 aliphatic rings. The standard InChI is InChI=1S/C24H22ClN3O2/c1-15-3-2-4-20(28-24(30)19-11-12-26-21(25)13-19)22(15)17-7-9-18(10-8-17)23(29)27-14-16-5-6-16/h2-4,7-13,16H,5-6,14H2,1H3,(H,27,29)(H,28,30). The van der Waals surface area contributed by atoms with E-state index in [1.807, 2.05) is 49.4 Å². The van der Waals surface area contributed by atoms with Crippen LogP contribution in [0, 0.1) is 12.8 Å². The summed E-state index contributed by atoms with van der Waals surface area (Å²) in [5.41, 5.74) is 4.62. The van der Waals surface area contributed by atoms with Gasteiger partial charge in [0, 0.05) is 35.1 Å². The van der Waals surface area contributed by atoms with Crippen LogP contribution in [0.15, 0.2) is 60.8 Å². The van der Waals surface area contributed by atoms with E-state index in [9.17, 15) is 9.59 Å². The second kappa shape index (κ2) is 8.67. The van der Waals surface area contributed by atoms with Crippen LogP contribution in [0.25, 0.3) is 11.1 Å². The number of nitrogens with zero attached hydrogens (tertiary/aromatic N) is 1. The van der Waals surface area contributed by atoms with E-state index in [0.29, 0.717) is 22.7 Å². The number of carbonyl (C=O) groups excluding carboxylic acids is 2. The number of benzene rings is 2. The summed E-state index contributed by atoms with van der Waals surface area (Å²) in [6.45, 7) is 2.73. The maximum atomic E-state index is 12.7. The Morgan fingerprint density at radius 1 is 1.03 bits per heavy atom. The van der Waals surface area contributed by atoms with Gasteiger partial charge in [0.1, 0.15) is 5.15 Å². The zero-order chi connectivity index (χ0) is 21.1. The van der Waals surface area contributed by atoms with Gasteiger partial charge in [0.05, 0.1) is 0 Å². The van der Waals surface area contributed by atoms with Crippen molar-refractivity contribution in [3.8, 4) is 11.1 Å². The summed E-state index contributed by atoms with van der Waals surface area (Å²) < 4.78 is 0. The zero-order valence-corrected chi connectivity index (χ0v) is 17.4. The van der Waals surface area contributed by atoms with Gasteiger partial charge in [-0.3, -0.25) is 9.59 Å². The van der Waals surface area contributed by atoms with E-state index in [1.165, 1.54) is 25.1 Å². The Balaban J connectivity index is 1.56. The van der Waals surface area contributed by atoms with E-state index < -0.39 is 0 Å². The van der Waals surface area contributed by atoms with E-state index in [2.05, 4.69) is 15.6 Å². The first-order valence-corrected chi connectivity index (χ1v) is 10.3. The molecule has 6 heteroatoms. The van der Waals surface area contributed by atoms with E-state index in [4.69, 9.17) is 11.6 Å². The van der Waals surface area contributed by atoms with Crippen molar-refractivity contribution in [2.75, 3.05) is 11.9 Å². The molecular formula is C24H22ClN3O2. The molecule has 0 spiro atoms. The van der Waals surface area contributed by atoms with Crippen molar-refractivity contribution in [3.05, 3.63) is 82.6 Å². The number of pyridine rings is 1. The smallest absolute Gasteiger partial charge is 0.255 e. The number of carbonyl (C=O) groups is 2. The summed E-state index contributed by atoms with van der Waals surface area (Å²) in [5.74, 6) is 0.324. The normalized spacial score (nSPS) is 13.0. The minimum absolute atomic E-state index is 0.0543. The maximum absolute atomic E-state index is 12.7. The first-order valence-electron chi connectivity index (χ1n) is 9.92. The fourth-order valence-corrected chi connectivity index (χ4v) is 3.52. The summed E-state index contributed by atoms with van der Waals surface area (Å²) >= 11 is 5.90. The fraction of sp³-hybridized carbons (Fsp3) is 0.208. The molecule has 4 rings (SSSR count). The predicted molar refractivity (Wildman–Crippen MR) is 119 cm³/mol. The van der Waals surface area contributed by atoms with E-state index in [0.717, 1.165) is 23.2 Å². The molecule has 0 atom stereocenters. The molecule has 0 radical (unpaired) electrons. The molecule has 3 aromatic rings. The van der Waals surface area contributed by atoms with Gasteiger partial charge in [-0.2, -0.15) is 0 Å². The highest BCUT2D eigenvalue weighted by molar-refractivity contribution is 6.29. The van der Waals surface area contributed by atoms with Crippen LogP contribution < -0.4 is 10.6 Å². The number of aryl methyl sites for hydroxylation is 1. The summed E-state index contributed by atoms with van der Waals surface area (Å²) in [6, 6.07) is 16.3. The Labute approximate surface area is 180 Å². The van der Waals surface area contributed by atoms with Crippen molar-refractivity contribution >= 4 is 29.1 Å². The molecule has 5 nitrogen and oxygen atoms in total. The van der Waals surface area contributed by atoms with Crippen LogP contribution in [0.1, 0.15) is 39.1 Å². The number of halogens is 1. The molecular weight excluding hydrogens is 398 g/mol. The van der Waals surface area contributed by atoms with Crippen molar-refractivity contribution in [2.45, 2.75) is 19.8 Å². The summed E-state index contributed by atoms with van der Waals surface area (Å²) in [6.07, 6.45) is 3.90. The van der Waals surface area contributed by atoms with Crippen LogP contribution in [0.3, 0.4) is 0 Å². The van der Waals surface area contributed by atoms with Crippen molar-refractivity contribution in [3.63, 3.8) is 0 Å². The van der Waals surface area contributed by atoms with Gasteiger partial charge in [-0.25, -0.2) is 4.98 Å². The van der Waals surface area contributed by atoms with Crippen LogP contribution in [0.5, 0.6) is 0 Å². The molecule has 2 aromatic carbocycles. The monoisotopic (exact) mass is 419 g/mol. The second-order valence-corrected chi connectivity index (χ2v) is 7.94. The zero-order valence-electron chi connectivity index (χ0n) is 16.6. The third-order valence-electron chi connectivity index (χ3n) is 5.19. The Morgan fingerprint density at radius 2 is 1.80 bits per heavy atom. The highest BCUT2D eigenvalue weighted by atomic mass is 35.5. The first-order chi connectivity index (χ1) is 14.5. The number of hydrogen-bond acceptors (Lipinski definition) is 3. The van der Waals surface area contributed by atoms with Crippen molar-refractivity contribution in [1.29, 1.82) is 0 Å². The van der Waals surface area contributed by atoms with Crippen LogP contribution in [-0.2, 0) is 0 Å². The number of hydrogen-bond donors (Lipinski definition) is 2. The van der Waals surface area contributed by atoms with Gasteiger partial charge < -0.3 is 10.6 Å². The number of amides is 2. The quantitative estimate of drug-likeness (QED) is 0.546. The van der Waals surface area contributed by atoms with Crippen LogP contribution in [0.2, 0.25) is 5.15 Å². The second-order valence-electron chi connectivity index (χ2n) is 7.55. The molecule has 2 amide bonds. The lowest BCUT2D eigenvalue weighted by molar-refractivity contribution is 0.0951. The lowest BCUT2D eigenvalue weighted by Gasteiger charge is -2.15. The number of aromatic nitrogens is 1. The van der Waals surface area contributed by atoms with E-state index in [-0.39, 0.29) is 17.0 Å². The van der Waals surface area contributed by atoms with Crippen LogP contribution >= 0.6 is 11.6 Å². The van der Waals surface area contributed by atoms with Crippen LogP contribution in [-0.4, -0.2) is 23.3 Å². The molecule has 0 bridgehead atoms. The molecule has 1 saturated carbocycles. The highest BCUT2D eigenvalue weighted by Crippen LogP contribution is 2.32. The molecule has 0 saturated heterocycles. The lowest BCUT2D eigenvalue weighted by Crippen LogP contribution is -2.25. The number of rotatable bonds is 6. The molecule has 1 aliphatic carbocycles. The van der Waals surface area contributed by atoms with Gasteiger partial charge in [-0.1, -0.05) is 35.9 Å². The summed E-state index contributed by atoms with van der Waals surface area (Å²) in [7, 11) is 0. The van der Waals surface area contributed by atoms with Gasteiger partial charge >= 0.3 is 0 Å². The number of nitrogens with one attached hydrogen (secondary N) is 2. The van der Waals surface area contributed by atoms with Gasteiger partial charge in [0.2, 0.25) is 0 Å². The summed E-state index contributed by atoms with van der Waals surface area (Å²) in [5, 5.41) is 6.21. The van der Waals surface area contributed by atoms with E-state index in [1.54, 1.807) is 6.07 Å². The highest BCUT2D eigenvalue weighted by Gasteiger charge is 2.22. The Kier molecular flexibility index (Phi) is 5.81. The minimum atomic E-state index is -0.262. The maximum Gasteiger partial charge on any atom is 0.255 e. The van der Waals surface area contributed by atoms with Gasteiger partial charge in [-0.15, -0.1) is 0 Å². The average Bonchev–Trinajstić information content (AvgIpc) is 3.57. The fourth-order valence-electron chi connectivity index (χ4n) is 3.34. The Hall–Kier alpha value is -3.18. The topological polar surface area (TPSA) is 71.1 Å². The largest absolute Gasteiger partial charge is 0.352 e. The lowest BCUT2D eigenvalue weighted by atomic mass is 9.97. The number of anilines is 1. The molecule has 1 heterocycles. The van der Waals surface area contributed by atoms with Crippen molar-refractivity contribution in [2.24, 2.45) is 5.92 Å². The third kappa shape index (κ3) is 4.69. The molecule has 1 aromatic heterocycles. The summed E-state index contributed by atoms with van der Waals surface area (Å²) in [4.78, 5) is 28.9. The molecule has 30 heavy (non-hydrogen) atoms. The molecule has 0 aliphatic heterocycles. The molecule has 0 unspecified atom stereocenters. The van der Waals surface area contributed by atoms with E-state index >= 15 is 0 Å². The SMILES string of the molecule is Cc1cccc(NC(=O)c2ccnc(Cl)c2)c1-c1ccc(C(=O)NCC2CC2)cc1. The minimum Gasteiger partial charge on any atom is -0.352 e. The predicted octanol–water partition coefficient (Wildman–Crippen LogP) is 5.10. The average molecular weight is 420 g/mol. The third-order valence-corrected chi connectivity index (χ3v) is 5.40. The van der Waals surface area contributed by atoms with Crippen LogP contribution in [0.4, 0.5) is 5.69 Å². The van der Waals surface area contributed by atoms with Gasteiger partial charge in [0.15, 0.2) is 0 Å². The van der Waals surface area contributed by atoms with Crippen molar-refractivity contribution in [1.82, 2.24) is 10.3 Å². The molecule has 2 N–H and O–H groups in total. The Bertz CT molecular complexity index is 1090. The van der Waals surface area contributed by atoms with Crippen molar-refractivity contribution < 1.29 is 9.59 Å².